The van der Waals surface area contributed by atoms with E-state index in [-0.39, 0.29) is 10.3 Å². The van der Waals surface area contributed by atoms with Gasteiger partial charge in [-0.2, -0.15) is 9.03 Å². The van der Waals surface area contributed by atoms with Crippen molar-refractivity contribution in [3.05, 3.63) is 0 Å². The molecule has 0 aromatic rings. The van der Waals surface area contributed by atoms with Crippen LogP contribution in [0, 0.1) is 0 Å². The van der Waals surface area contributed by atoms with Gasteiger partial charge in [0.15, 0.2) is 27.1 Å². The fourth-order valence-corrected chi connectivity index (χ4v) is 30.4. The molecule has 0 saturated carbocycles. The van der Waals surface area contributed by atoms with Crippen molar-refractivity contribution < 1.29 is 0 Å². The normalized spacial score (nSPS) is 15.4. The van der Waals surface area contributed by atoms with Gasteiger partial charge in [0.1, 0.15) is 0 Å². The second-order valence-electron chi connectivity index (χ2n) is 9.60. The molecular weight excluding hydrogens is 618 g/mol. The molecule has 0 amide bonds. The van der Waals surface area contributed by atoms with Gasteiger partial charge < -0.3 is 0 Å². The first-order chi connectivity index (χ1) is 20.2. The van der Waals surface area contributed by atoms with E-state index in [2.05, 4.69) is 129 Å². The first-order valence-electron chi connectivity index (χ1n) is 17.0. The van der Waals surface area contributed by atoms with Crippen LogP contribution in [0.2, 0.25) is 0 Å². The summed E-state index contributed by atoms with van der Waals surface area (Å²) < 4.78 is 31.1. The highest BCUT2D eigenvalue weighted by molar-refractivity contribution is 8.77. The summed E-state index contributed by atoms with van der Waals surface area (Å²) in [7, 11) is -4.14. The molecule has 0 fully saturated rings. The summed E-state index contributed by atoms with van der Waals surface area (Å²) in [6, 6.07) is 0. The van der Waals surface area contributed by atoms with Crippen LogP contribution in [0.4, 0.5) is 0 Å². The third-order valence-electron chi connectivity index (χ3n) is 7.66. The van der Waals surface area contributed by atoms with E-state index in [1.165, 1.54) is 0 Å². The van der Waals surface area contributed by atoms with Gasteiger partial charge in [-0.05, 0) is 13.8 Å². The van der Waals surface area contributed by atoms with Crippen molar-refractivity contribution in [3.8, 4) is 0 Å². The Morgan fingerprint density at radius 3 is 0.786 bits per heavy atom. The fourth-order valence-electron chi connectivity index (χ4n) is 4.90. The molecule has 0 aliphatic carbocycles. The summed E-state index contributed by atoms with van der Waals surface area (Å²) in [4.78, 5) is 0. The molecule has 42 heavy (non-hydrogen) atoms. The third kappa shape index (κ3) is 12.5. The second kappa shape index (κ2) is 25.5. The van der Waals surface area contributed by atoms with E-state index in [1.807, 2.05) is 0 Å². The second-order valence-corrected chi connectivity index (χ2v) is 23.8. The van der Waals surface area contributed by atoms with Crippen LogP contribution in [0.15, 0.2) is 9.03 Å². The molecule has 2 unspecified atom stereocenters. The van der Waals surface area contributed by atoms with Crippen LogP contribution in [0.3, 0.4) is 0 Å². The van der Waals surface area contributed by atoms with Crippen molar-refractivity contribution >= 4 is 41.2 Å². The Morgan fingerprint density at radius 1 is 0.381 bits per heavy atom. The summed E-state index contributed by atoms with van der Waals surface area (Å²) in [6.07, 6.45) is 0. The monoisotopic (exact) mass is 690 g/mol. The topological polar surface area (TPSA) is 47.4 Å². The molecule has 14 heteroatoms. The van der Waals surface area contributed by atoms with Gasteiger partial charge in [-0.15, -0.1) is 4.31 Å². The molecule has 0 rings (SSSR count). The molecule has 0 aromatic carbocycles. The molecule has 0 aliphatic rings. The molecule has 254 valence electrons. The van der Waals surface area contributed by atoms with Gasteiger partial charge in [-0.1, -0.05) is 83.1 Å². The quantitative estimate of drug-likeness (QED) is 0.0701. The van der Waals surface area contributed by atoms with Crippen LogP contribution in [-0.2, 0) is 10.3 Å². The summed E-state index contributed by atoms with van der Waals surface area (Å²) in [5.41, 5.74) is 0. The Labute approximate surface area is 270 Å². The molecule has 0 saturated heterocycles. The average Bonchev–Trinajstić information content (AvgIpc) is 3.02. The summed E-state index contributed by atoms with van der Waals surface area (Å²) in [5.74, 6) is 0. The maximum atomic E-state index is 6.10. The van der Waals surface area contributed by atoms with Crippen LogP contribution in [0.25, 0.3) is 0 Å². The van der Waals surface area contributed by atoms with Crippen molar-refractivity contribution in [3.63, 3.8) is 0 Å². The largest absolute Gasteiger partial charge is 0.252 e. The summed E-state index contributed by atoms with van der Waals surface area (Å²) in [6.45, 7) is 47.3. The minimum absolute atomic E-state index is 0.0395. The first-order valence-corrected chi connectivity index (χ1v) is 24.8. The minimum atomic E-state index is -1.32. The maximum Gasteiger partial charge on any atom is 0.247 e. The van der Waals surface area contributed by atoms with Gasteiger partial charge in [0.25, 0.3) is 0 Å². The maximum absolute atomic E-state index is 6.10. The molecular formula is C28H72N9P4S+. The Balaban J connectivity index is 7.99. The SMILES string of the molecule is CCN(CC)P(/N=[PH](\N(CC)CC)[S+](N(CC)CC)/[PH](=N/P(N(CC)CC)N(CC)CC)N(CC)CC)N(CC)CC. The standard InChI is InChI=1S/C28H72N9P4S/c1-15-31(16-2)38(32(17-3)18-4)29-40(35(23-9)24-10)42(37(27-13)28-14)41(36(25-11)26-12)30-39(33(19-5)20-6)34(21-7)22-8/h40-41H,15-28H2,1-14H3/q+1. The smallest absolute Gasteiger partial charge is 0.247 e. The van der Waals surface area contributed by atoms with Crippen LogP contribution in [-0.4, -0.2) is 124 Å². The summed E-state index contributed by atoms with van der Waals surface area (Å²) >= 11 is 0. The molecule has 0 radical (unpaired) electrons. The lowest BCUT2D eigenvalue weighted by molar-refractivity contribution is 0.423. The fraction of sp³-hybridized carbons (Fsp3) is 1.00. The van der Waals surface area contributed by atoms with E-state index in [1.54, 1.807) is 0 Å². The van der Waals surface area contributed by atoms with Crippen molar-refractivity contribution in [1.82, 2.24) is 32.3 Å². The van der Waals surface area contributed by atoms with Gasteiger partial charge >= 0.3 is 0 Å². The molecule has 0 bridgehead atoms. The minimum Gasteiger partial charge on any atom is -0.252 e. The molecule has 0 N–H and O–H groups in total. The van der Waals surface area contributed by atoms with Gasteiger partial charge in [-0.25, -0.2) is 9.34 Å². The molecule has 0 aliphatic heterocycles. The van der Waals surface area contributed by atoms with E-state index in [9.17, 15) is 0 Å². The number of hydrogen-bond donors (Lipinski definition) is 0. The van der Waals surface area contributed by atoms with Crippen LogP contribution in [0.1, 0.15) is 96.9 Å². The van der Waals surface area contributed by atoms with E-state index in [0.29, 0.717) is 0 Å². The molecule has 0 aromatic heterocycles. The van der Waals surface area contributed by atoms with E-state index >= 15 is 0 Å². The first kappa shape index (κ1) is 43.4. The van der Waals surface area contributed by atoms with Gasteiger partial charge in [-0.3, -0.25) is 18.7 Å². The zero-order chi connectivity index (χ0) is 32.2. The Kier molecular flexibility index (Phi) is 26.3. The van der Waals surface area contributed by atoms with E-state index in [4.69, 9.17) is 9.03 Å². The van der Waals surface area contributed by atoms with Crippen molar-refractivity contribution in [2.24, 2.45) is 9.03 Å². The predicted molar refractivity (Wildman–Crippen MR) is 203 cm³/mol. The van der Waals surface area contributed by atoms with Crippen LogP contribution < -0.4 is 0 Å². The highest BCUT2D eigenvalue weighted by atomic mass is 33.1. The molecule has 0 heterocycles. The predicted octanol–water partition coefficient (Wildman–Crippen LogP) is 8.82. The molecule has 2 atom stereocenters. The summed E-state index contributed by atoms with van der Waals surface area (Å²) in [5, 5.41) is 0. The zero-order valence-corrected chi connectivity index (χ0v) is 34.8. The Morgan fingerprint density at radius 2 is 0.619 bits per heavy atom. The Hall–Kier alpha value is 1.39. The molecule has 0 spiro atoms. The van der Waals surface area contributed by atoms with E-state index < -0.39 is 30.9 Å². The van der Waals surface area contributed by atoms with E-state index in [0.717, 1.165) is 91.6 Å². The van der Waals surface area contributed by atoms with Crippen LogP contribution >= 0.6 is 30.9 Å². The number of hydrogen-bond acceptors (Lipinski definition) is 7. The number of nitrogens with zero attached hydrogens (tertiary/aromatic N) is 9. The highest BCUT2D eigenvalue weighted by Gasteiger charge is 2.43. The Bertz CT molecular complexity index is 646. The lowest BCUT2D eigenvalue weighted by Gasteiger charge is -2.38. The van der Waals surface area contributed by atoms with Crippen LogP contribution in [0.5, 0.6) is 0 Å². The van der Waals surface area contributed by atoms with Crippen molar-refractivity contribution in [1.29, 1.82) is 0 Å². The molecule has 9 nitrogen and oxygen atoms in total. The van der Waals surface area contributed by atoms with Gasteiger partial charge in [0.05, 0.1) is 0 Å². The van der Waals surface area contributed by atoms with Gasteiger partial charge in [0.2, 0.25) is 14.1 Å². The third-order valence-corrected chi connectivity index (χ3v) is 28.7. The van der Waals surface area contributed by atoms with Crippen molar-refractivity contribution in [2.75, 3.05) is 91.6 Å². The highest BCUT2D eigenvalue weighted by Crippen LogP contribution is 2.66. The average molecular weight is 691 g/mol. The van der Waals surface area contributed by atoms with Crippen molar-refractivity contribution in [2.45, 2.75) is 96.9 Å². The number of rotatable bonds is 25. The lowest BCUT2D eigenvalue weighted by atomic mass is 10.7. The lowest BCUT2D eigenvalue weighted by Crippen LogP contribution is -2.34. The zero-order valence-electron chi connectivity index (χ0n) is 30.2. The van der Waals surface area contributed by atoms with Gasteiger partial charge in [0, 0.05) is 91.6 Å².